The van der Waals surface area contributed by atoms with Crippen molar-refractivity contribution in [3.8, 4) is 5.88 Å². The van der Waals surface area contributed by atoms with E-state index in [4.69, 9.17) is 32.4 Å². The number of rotatable bonds is 13. The molecule has 1 aromatic carbocycles. The number of nitrogens with zero attached hydrogens (tertiary/aromatic N) is 6. The van der Waals surface area contributed by atoms with Crippen LogP contribution in [0.4, 0.5) is 4.79 Å². The zero-order valence-electron chi connectivity index (χ0n) is 24.2. The van der Waals surface area contributed by atoms with E-state index in [9.17, 15) is 9.59 Å². The first-order valence-corrected chi connectivity index (χ1v) is 13.5. The van der Waals surface area contributed by atoms with Crippen LogP contribution in [0.2, 0.25) is 5.02 Å². The number of benzene rings is 1. The van der Waals surface area contributed by atoms with Crippen LogP contribution in [0, 0.1) is 6.57 Å². The van der Waals surface area contributed by atoms with E-state index in [-0.39, 0.29) is 32.2 Å². The molecule has 2 amide bonds. The molecular weight excluding hydrogens is 564 g/mol. The van der Waals surface area contributed by atoms with Gasteiger partial charge >= 0.3 is 6.09 Å². The van der Waals surface area contributed by atoms with Crippen molar-refractivity contribution in [2.24, 2.45) is 0 Å². The largest absolute Gasteiger partial charge is 0.475 e. The summed E-state index contributed by atoms with van der Waals surface area (Å²) in [5, 5.41) is 18.1. The second-order valence-electron chi connectivity index (χ2n) is 10.9. The Labute approximate surface area is 249 Å². The fourth-order valence-corrected chi connectivity index (χ4v) is 3.88. The summed E-state index contributed by atoms with van der Waals surface area (Å²) < 4.78 is 18.5. The molecule has 0 spiro atoms. The van der Waals surface area contributed by atoms with E-state index in [1.807, 2.05) is 12.1 Å². The van der Waals surface area contributed by atoms with E-state index in [1.54, 1.807) is 71.1 Å². The number of pyridine rings is 1. The van der Waals surface area contributed by atoms with Gasteiger partial charge < -0.3 is 29.7 Å². The molecule has 2 heterocycles. The van der Waals surface area contributed by atoms with Crippen molar-refractivity contribution in [3.05, 3.63) is 76.5 Å². The van der Waals surface area contributed by atoms with Gasteiger partial charge in [0.05, 0.1) is 13.2 Å². The van der Waals surface area contributed by atoms with Gasteiger partial charge in [0, 0.05) is 17.3 Å². The van der Waals surface area contributed by atoms with Crippen LogP contribution >= 0.6 is 11.6 Å². The van der Waals surface area contributed by atoms with Crippen LogP contribution in [-0.2, 0) is 20.9 Å². The summed E-state index contributed by atoms with van der Waals surface area (Å²) in [5.74, 6) is 0.0818. The number of hydrogen-bond donors (Lipinski definition) is 2. The van der Waals surface area contributed by atoms with E-state index in [0.29, 0.717) is 10.9 Å². The molecule has 0 unspecified atom stereocenters. The number of amides is 2. The van der Waals surface area contributed by atoms with Gasteiger partial charge in [0.1, 0.15) is 23.8 Å². The number of alkyl carbamates (subject to hydrolysis) is 1. The zero-order valence-corrected chi connectivity index (χ0v) is 25.0. The van der Waals surface area contributed by atoms with Crippen LogP contribution in [0.15, 0.2) is 48.7 Å². The highest BCUT2D eigenvalue weighted by Crippen LogP contribution is 2.20. The second-order valence-corrected chi connectivity index (χ2v) is 11.3. The highest BCUT2D eigenvalue weighted by molar-refractivity contribution is 6.30. The number of carbonyl (C=O) groups excluding carboxylic acids is 2. The monoisotopic (exact) mass is 598 g/mol. The molecule has 42 heavy (non-hydrogen) atoms. The molecule has 2 N–H and O–H groups in total. The fraction of sp³-hybridized carbons (Fsp3) is 0.464. The first-order chi connectivity index (χ1) is 19.9. The zero-order chi connectivity index (χ0) is 30.8. The molecule has 0 aliphatic heterocycles. The van der Waals surface area contributed by atoms with Gasteiger partial charge in [0.2, 0.25) is 18.3 Å². The third-order valence-electron chi connectivity index (χ3n) is 5.67. The first kappa shape index (κ1) is 32.2. The standard InChI is InChI=1S/C28H35ClN8O5/c1-27(2,3)42-26(39)33-28(4,5)25(38)32-22(18-40-16-19-10-9-11-20(29)14-19)24-34-35-36-37(24)21(15-30-6)17-41-23-12-7-8-13-31-23/h7-14,21-22H,15-18H2,1-5H3,(H,32,38)(H,33,39)/t21-,22-/m1/s1. The summed E-state index contributed by atoms with van der Waals surface area (Å²) in [6.07, 6.45) is 0.849. The topological polar surface area (TPSA) is 147 Å². The Morgan fingerprint density at radius 2 is 1.90 bits per heavy atom. The molecule has 0 fully saturated rings. The van der Waals surface area contributed by atoms with Gasteiger partial charge in [0.15, 0.2) is 11.9 Å². The van der Waals surface area contributed by atoms with Crippen molar-refractivity contribution < 1.29 is 23.8 Å². The predicted octanol–water partition coefficient (Wildman–Crippen LogP) is 3.94. The van der Waals surface area contributed by atoms with Crippen molar-refractivity contribution in [2.45, 2.75) is 64.4 Å². The lowest BCUT2D eigenvalue weighted by atomic mass is 10.0. The molecule has 13 nitrogen and oxygen atoms in total. The van der Waals surface area contributed by atoms with Crippen LogP contribution in [0.1, 0.15) is 58.1 Å². The Hall–Kier alpha value is -4.28. The average molecular weight is 599 g/mol. The van der Waals surface area contributed by atoms with Crippen molar-refractivity contribution >= 4 is 23.6 Å². The van der Waals surface area contributed by atoms with E-state index in [1.165, 1.54) is 4.68 Å². The van der Waals surface area contributed by atoms with Crippen molar-refractivity contribution in [2.75, 3.05) is 19.8 Å². The highest BCUT2D eigenvalue weighted by atomic mass is 35.5. The van der Waals surface area contributed by atoms with Gasteiger partial charge in [-0.2, -0.15) is 0 Å². The smallest absolute Gasteiger partial charge is 0.408 e. The molecule has 0 radical (unpaired) electrons. The van der Waals surface area contributed by atoms with E-state index >= 15 is 0 Å². The number of tetrazole rings is 1. The minimum absolute atomic E-state index is 0.000599. The Morgan fingerprint density at radius 1 is 1.12 bits per heavy atom. The first-order valence-electron chi connectivity index (χ1n) is 13.2. The number of aromatic nitrogens is 5. The van der Waals surface area contributed by atoms with E-state index < -0.39 is 35.2 Å². The van der Waals surface area contributed by atoms with Crippen LogP contribution in [0.3, 0.4) is 0 Å². The molecule has 0 bridgehead atoms. The number of ether oxygens (including phenoxy) is 3. The predicted molar refractivity (Wildman–Crippen MR) is 153 cm³/mol. The van der Waals surface area contributed by atoms with Crippen LogP contribution < -0.4 is 15.4 Å². The van der Waals surface area contributed by atoms with E-state index in [0.717, 1.165) is 5.56 Å². The average Bonchev–Trinajstić information content (AvgIpc) is 3.39. The maximum absolute atomic E-state index is 13.5. The maximum Gasteiger partial charge on any atom is 0.408 e. The van der Waals surface area contributed by atoms with Gasteiger partial charge in [-0.15, -0.1) is 5.10 Å². The Bertz CT molecular complexity index is 1370. The normalized spacial score (nSPS) is 13.0. The number of carbonyl (C=O) groups is 2. The van der Waals surface area contributed by atoms with Crippen LogP contribution in [0.5, 0.6) is 5.88 Å². The molecule has 224 valence electrons. The van der Waals surface area contributed by atoms with Gasteiger partial charge in [-0.1, -0.05) is 29.8 Å². The molecule has 0 aliphatic rings. The molecule has 0 aliphatic carbocycles. The Kier molecular flexibility index (Phi) is 11.2. The molecule has 2 atom stereocenters. The molecule has 0 saturated carbocycles. The highest BCUT2D eigenvalue weighted by Gasteiger charge is 2.35. The Morgan fingerprint density at radius 3 is 2.57 bits per heavy atom. The summed E-state index contributed by atoms with van der Waals surface area (Å²) >= 11 is 6.10. The summed E-state index contributed by atoms with van der Waals surface area (Å²) in [6, 6.07) is 11.0. The summed E-state index contributed by atoms with van der Waals surface area (Å²) in [6.45, 7) is 15.9. The number of hydrogen-bond acceptors (Lipinski definition) is 9. The Balaban J connectivity index is 1.83. The van der Waals surface area contributed by atoms with Crippen molar-refractivity contribution in [1.82, 2.24) is 35.8 Å². The van der Waals surface area contributed by atoms with Gasteiger partial charge in [-0.3, -0.25) is 4.79 Å². The summed E-state index contributed by atoms with van der Waals surface area (Å²) in [7, 11) is 0. The summed E-state index contributed by atoms with van der Waals surface area (Å²) in [4.78, 5) is 33.5. The van der Waals surface area contributed by atoms with Crippen molar-refractivity contribution in [1.29, 1.82) is 0 Å². The SMILES string of the molecule is [C-]#[N+]C[C@H](COc1ccccn1)n1nnnc1[C@@H](COCc1cccc(Cl)c1)NC(=O)C(C)(C)NC(=O)OC(C)(C)C. The van der Waals surface area contributed by atoms with Crippen LogP contribution in [0.25, 0.3) is 4.85 Å². The van der Waals surface area contributed by atoms with Crippen LogP contribution in [-0.4, -0.2) is 68.1 Å². The minimum Gasteiger partial charge on any atom is -0.475 e. The molecular formula is C28H35ClN8O5. The maximum atomic E-state index is 13.5. The van der Waals surface area contributed by atoms with Gasteiger partial charge in [0.25, 0.3) is 0 Å². The van der Waals surface area contributed by atoms with Crippen molar-refractivity contribution in [3.63, 3.8) is 0 Å². The lowest BCUT2D eigenvalue weighted by molar-refractivity contribution is -0.127. The third-order valence-corrected chi connectivity index (χ3v) is 5.90. The lowest BCUT2D eigenvalue weighted by Gasteiger charge is -2.29. The molecule has 14 heteroatoms. The molecule has 3 rings (SSSR count). The van der Waals surface area contributed by atoms with Gasteiger partial charge in [-0.05, 0) is 68.8 Å². The van der Waals surface area contributed by atoms with Gasteiger partial charge in [-0.25, -0.2) is 21.0 Å². The second kappa shape index (κ2) is 14.6. The van der Waals surface area contributed by atoms with E-state index in [2.05, 4.69) is 36.0 Å². The molecule has 2 aromatic heterocycles. The minimum atomic E-state index is -1.37. The fourth-order valence-electron chi connectivity index (χ4n) is 3.67. The molecule has 3 aromatic rings. The number of halogens is 1. The number of nitrogens with one attached hydrogen (secondary N) is 2. The molecule has 0 saturated heterocycles. The lowest BCUT2D eigenvalue weighted by Crippen LogP contribution is -2.56. The quantitative estimate of drug-likeness (QED) is 0.279. The third kappa shape index (κ3) is 9.97. The summed E-state index contributed by atoms with van der Waals surface area (Å²) in [5.41, 5.74) is -1.29.